The number of carbonyl (C=O) groups excluding carboxylic acids is 2. The van der Waals surface area contributed by atoms with E-state index in [4.69, 9.17) is 5.73 Å². The molecule has 0 bridgehead atoms. The number of amides is 2. The van der Waals surface area contributed by atoms with Gasteiger partial charge in [-0.1, -0.05) is 121 Å². The smallest absolute Gasteiger partial charge is 0.327 e. The molecule has 9 heteroatoms. The van der Waals surface area contributed by atoms with Crippen molar-refractivity contribution < 1.29 is 19.5 Å². The molecule has 4 N–H and O–H groups in total. The van der Waals surface area contributed by atoms with Gasteiger partial charge in [-0.25, -0.2) is 4.79 Å². The second-order valence-electron chi connectivity index (χ2n) is 11.8. The third kappa shape index (κ3) is 8.20. The molecule has 0 aromatic heterocycles. The fraction of sp³-hybridized carbons (Fsp3) is 0.270. The van der Waals surface area contributed by atoms with E-state index in [0.29, 0.717) is 0 Å². The minimum atomic E-state index is -1.28. The summed E-state index contributed by atoms with van der Waals surface area (Å²) >= 11 is 5.97. The molecule has 240 valence electrons. The Kier molecular flexibility index (Phi) is 11.7. The van der Waals surface area contributed by atoms with Crippen molar-refractivity contribution in [2.45, 2.75) is 47.9 Å². The molecule has 0 saturated carbocycles. The number of hydrogen-bond acceptors (Lipinski definition) is 6. The van der Waals surface area contributed by atoms with Crippen molar-refractivity contribution in [3.05, 3.63) is 144 Å². The van der Waals surface area contributed by atoms with Crippen LogP contribution in [0, 0.1) is 0 Å². The number of carbonyl (C=O) groups is 3. The van der Waals surface area contributed by atoms with Crippen molar-refractivity contribution >= 4 is 42.2 Å². The Morgan fingerprint density at radius 2 is 1.22 bits per heavy atom. The van der Waals surface area contributed by atoms with Crippen LogP contribution in [-0.2, 0) is 25.6 Å². The van der Waals surface area contributed by atoms with Crippen LogP contribution in [-0.4, -0.2) is 63.5 Å². The zero-order valence-corrected chi connectivity index (χ0v) is 28.0. The van der Waals surface area contributed by atoms with Crippen LogP contribution >= 0.6 is 24.4 Å². The van der Waals surface area contributed by atoms with Crippen LogP contribution in [0.4, 0.5) is 0 Å². The van der Waals surface area contributed by atoms with Crippen LogP contribution in [0.2, 0.25) is 0 Å². The van der Waals surface area contributed by atoms with Gasteiger partial charge >= 0.3 is 5.97 Å². The molecular weight excluding hydrogens is 615 g/mol. The molecule has 0 radical (unpaired) electrons. The molecule has 4 aromatic carbocycles. The van der Waals surface area contributed by atoms with Gasteiger partial charge in [0.2, 0.25) is 11.8 Å². The highest BCUT2D eigenvalue weighted by molar-refractivity contribution is 8.00. The Morgan fingerprint density at radius 1 is 0.804 bits per heavy atom. The maximum atomic E-state index is 14.0. The predicted octanol–water partition coefficient (Wildman–Crippen LogP) is 5.39. The van der Waals surface area contributed by atoms with E-state index < -0.39 is 45.4 Å². The van der Waals surface area contributed by atoms with E-state index in [-0.39, 0.29) is 12.2 Å². The highest BCUT2D eigenvalue weighted by Crippen LogP contribution is 2.48. The zero-order valence-electron chi connectivity index (χ0n) is 26.2. The van der Waals surface area contributed by atoms with Gasteiger partial charge in [0.25, 0.3) is 0 Å². The average Bonchev–Trinajstić information content (AvgIpc) is 3.06. The van der Waals surface area contributed by atoms with E-state index in [9.17, 15) is 19.5 Å². The average molecular weight is 656 g/mol. The first-order valence-corrected chi connectivity index (χ1v) is 16.5. The second kappa shape index (κ2) is 15.5. The third-order valence-electron chi connectivity index (χ3n) is 7.97. The lowest BCUT2D eigenvalue weighted by atomic mass is 9.84. The van der Waals surface area contributed by atoms with Gasteiger partial charge in [-0.3, -0.25) is 9.59 Å². The van der Waals surface area contributed by atoms with Crippen molar-refractivity contribution in [1.82, 2.24) is 10.2 Å². The number of carboxylic acid groups (broad SMARTS) is 1. The number of nitrogens with one attached hydrogen (secondary N) is 1. The van der Waals surface area contributed by atoms with Gasteiger partial charge in [-0.2, -0.15) is 12.6 Å². The minimum absolute atomic E-state index is 0.177. The summed E-state index contributed by atoms with van der Waals surface area (Å²) in [6.45, 7) is 3.23. The van der Waals surface area contributed by atoms with Crippen LogP contribution < -0.4 is 11.1 Å². The number of nitrogens with two attached hydrogens (primary N) is 1. The van der Waals surface area contributed by atoms with E-state index in [0.717, 1.165) is 22.3 Å². The first-order chi connectivity index (χ1) is 21.9. The van der Waals surface area contributed by atoms with E-state index >= 15 is 0 Å². The van der Waals surface area contributed by atoms with E-state index in [2.05, 4.69) is 54.3 Å². The highest BCUT2D eigenvalue weighted by atomic mass is 32.2. The summed E-state index contributed by atoms with van der Waals surface area (Å²) in [6, 6.07) is 36.4. The number of likely N-dealkylation sites (N-methyl/N-ethyl adjacent to an activating group) is 1. The Balaban J connectivity index is 1.65. The number of rotatable bonds is 14. The molecule has 4 aromatic rings. The molecule has 0 saturated heterocycles. The Labute approximate surface area is 281 Å². The number of thiol groups is 1. The van der Waals surface area contributed by atoms with Gasteiger partial charge in [-0.15, -0.1) is 11.8 Å². The first-order valence-electron chi connectivity index (χ1n) is 15.1. The van der Waals surface area contributed by atoms with Gasteiger partial charge in [0.1, 0.15) is 12.1 Å². The number of aliphatic carboxylic acids is 1. The highest BCUT2D eigenvalue weighted by Gasteiger charge is 2.40. The molecule has 7 nitrogen and oxygen atoms in total. The zero-order chi connectivity index (χ0) is 33.3. The van der Waals surface area contributed by atoms with E-state index in [1.54, 1.807) is 32.7 Å². The van der Waals surface area contributed by atoms with E-state index in [1.165, 1.54) is 4.90 Å². The molecule has 2 amide bonds. The molecular formula is C37H41N3O4S2. The van der Waals surface area contributed by atoms with Gasteiger partial charge in [0.15, 0.2) is 0 Å². The van der Waals surface area contributed by atoms with Crippen molar-refractivity contribution in [2.24, 2.45) is 5.73 Å². The summed E-state index contributed by atoms with van der Waals surface area (Å²) < 4.78 is -1.72. The largest absolute Gasteiger partial charge is 0.480 e. The molecule has 3 atom stereocenters. The van der Waals surface area contributed by atoms with Crippen molar-refractivity contribution in [2.75, 3.05) is 12.8 Å². The summed E-state index contributed by atoms with van der Waals surface area (Å²) in [4.78, 5) is 41.1. The van der Waals surface area contributed by atoms with Crippen LogP contribution in [0.15, 0.2) is 121 Å². The number of nitrogens with zero attached hydrogens (tertiary/aromatic N) is 1. The molecule has 0 spiro atoms. The normalized spacial score (nSPS) is 13.7. The molecule has 0 aliphatic rings. The standard InChI is InChI=1S/C37H41N3O4S2/c1-36(2,45)32(35(43)44)39-33(41)31(24-26-16-8-4-9-17-26)40(3)34(42)30(38)25-46-37(27-18-10-5-11-19-27,28-20-12-6-13-21-28)29-22-14-7-15-23-29/h4-23,30-32,45H,24-25,38H2,1-3H3,(H,39,41)(H,43,44)/t30-,31+,32+/m1/s1. The molecule has 4 rings (SSSR count). The quantitative estimate of drug-likeness (QED) is 0.107. The minimum Gasteiger partial charge on any atom is -0.480 e. The first kappa shape index (κ1) is 34.8. The number of hydrogen-bond donors (Lipinski definition) is 4. The Morgan fingerprint density at radius 3 is 1.61 bits per heavy atom. The molecule has 0 unspecified atom stereocenters. The number of thioether (sulfide) groups is 1. The van der Waals surface area contributed by atoms with Gasteiger partial charge in [-0.05, 0) is 36.1 Å². The molecule has 0 aliphatic carbocycles. The lowest BCUT2D eigenvalue weighted by Crippen LogP contribution is -2.59. The van der Waals surface area contributed by atoms with Gasteiger partial charge < -0.3 is 21.1 Å². The molecule has 0 aliphatic heterocycles. The van der Waals surface area contributed by atoms with Gasteiger partial charge in [0.05, 0.1) is 10.8 Å². The number of carboxylic acids is 1. The van der Waals surface area contributed by atoms with Crippen molar-refractivity contribution in [3.8, 4) is 0 Å². The Bertz CT molecular complexity index is 1490. The molecule has 0 heterocycles. The molecule has 46 heavy (non-hydrogen) atoms. The van der Waals surface area contributed by atoms with Crippen molar-refractivity contribution in [1.29, 1.82) is 0 Å². The Hall–Kier alpha value is -4.05. The summed E-state index contributed by atoms with van der Waals surface area (Å²) in [5, 5.41) is 12.4. The van der Waals surface area contributed by atoms with Crippen LogP contribution in [0.1, 0.15) is 36.1 Å². The summed E-state index contributed by atoms with van der Waals surface area (Å²) in [7, 11) is 1.54. The van der Waals surface area contributed by atoms with Gasteiger partial charge in [0, 0.05) is 24.0 Å². The van der Waals surface area contributed by atoms with Crippen LogP contribution in [0.3, 0.4) is 0 Å². The van der Waals surface area contributed by atoms with Crippen LogP contribution in [0.5, 0.6) is 0 Å². The molecule has 0 fully saturated rings. The summed E-state index contributed by atoms with van der Waals surface area (Å²) in [5.41, 5.74) is 10.6. The fourth-order valence-corrected chi connectivity index (χ4v) is 7.15. The fourth-order valence-electron chi connectivity index (χ4n) is 5.49. The number of benzene rings is 4. The second-order valence-corrected chi connectivity index (χ2v) is 14.2. The lowest BCUT2D eigenvalue weighted by Gasteiger charge is -2.37. The predicted molar refractivity (Wildman–Crippen MR) is 189 cm³/mol. The topological polar surface area (TPSA) is 113 Å². The van der Waals surface area contributed by atoms with E-state index in [1.807, 2.05) is 84.9 Å². The third-order valence-corrected chi connectivity index (χ3v) is 9.89. The van der Waals surface area contributed by atoms with Crippen molar-refractivity contribution in [3.63, 3.8) is 0 Å². The monoisotopic (exact) mass is 655 g/mol. The summed E-state index contributed by atoms with van der Waals surface area (Å²) in [6.07, 6.45) is 0.177. The summed E-state index contributed by atoms with van der Waals surface area (Å²) in [5.74, 6) is -2.00. The SMILES string of the molecule is CN(C(=O)[C@H](N)CSC(c1ccccc1)(c1ccccc1)c1ccccc1)[C@@H](Cc1ccccc1)C(=O)N[C@@H](C(=O)O)C(C)(C)S. The lowest BCUT2D eigenvalue weighted by molar-refractivity contribution is -0.145. The van der Waals surface area contributed by atoms with Crippen LogP contribution in [0.25, 0.3) is 0 Å². The maximum Gasteiger partial charge on any atom is 0.327 e. The maximum absolute atomic E-state index is 14.0.